The third-order valence-electron chi connectivity index (χ3n) is 5.90. The van der Waals surface area contributed by atoms with E-state index in [9.17, 15) is 4.79 Å². The van der Waals surface area contributed by atoms with Gasteiger partial charge in [0.25, 0.3) is 0 Å². The standard InChI is InChI=1S/C25H23BrN2O3S/c1-16-24(18-4-6-20(26)7-5-18)27-25(32-16)19-10-12-28(13-11-19)23(29)9-3-17-2-8-21-22(14-17)31-15-30-21/h2-9,14,19H,10-13,15H2,1H3/b9-3+. The first-order valence-electron chi connectivity index (χ1n) is 10.7. The number of aryl methyl sites for hydroxylation is 1. The fourth-order valence-corrected chi connectivity index (χ4v) is 5.48. The number of fused-ring (bicyclic) bond motifs is 1. The monoisotopic (exact) mass is 510 g/mol. The molecule has 1 amide bonds. The minimum atomic E-state index is 0.0481. The minimum Gasteiger partial charge on any atom is -0.454 e. The Kier molecular flexibility index (Phi) is 6.02. The van der Waals surface area contributed by atoms with E-state index >= 15 is 0 Å². The average Bonchev–Trinajstić information content (AvgIpc) is 3.44. The number of ether oxygens (including phenoxy) is 2. The van der Waals surface area contributed by atoms with Crippen LogP contribution >= 0.6 is 27.3 Å². The Labute approximate surface area is 199 Å². The van der Waals surface area contributed by atoms with Gasteiger partial charge in [0.05, 0.1) is 10.7 Å². The van der Waals surface area contributed by atoms with Crippen LogP contribution in [-0.2, 0) is 4.79 Å². The molecule has 32 heavy (non-hydrogen) atoms. The fourth-order valence-electron chi connectivity index (χ4n) is 4.10. The number of rotatable bonds is 4. The lowest BCUT2D eigenvalue weighted by atomic mass is 9.97. The molecule has 5 rings (SSSR count). The summed E-state index contributed by atoms with van der Waals surface area (Å²) in [4.78, 5) is 20.8. The van der Waals surface area contributed by atoms with E-state index in [4.69, 9.17) is 14.5 Å². The molecule has 0 N–H and O–H groups in total. The third kappa shape index (κ3) is 4.45. The van der Waals surface area contributed by atoms with E-state index in [2.05, 4.69) is 47.1 Å². The highest BCUT2D eigenvalue weighted by atomic mass is 79.9. The first-order chi connectivity index (χ1) is 15.6. The predicted molar refractivity (Wildman–Crippen MR) is 130 cm³/mol. The summed E-state index contributed by atoms with van der Waals surface area (Å²) in [5.41, 5.74) is 3.15. The van der Waals surface area contributed by atoms with Crippen molar-refractivity contribution in [2.75, 3.05) is 19.9 Å². The summed E-state index contributed by atoms with van der Waals surface area (Å²) >= 11 is 5.28. The minimum absolute atomic E-state index is 0.0481. The van der Waals surface area contributed by atoms with Crippen LogP contribution in [0.3, 0.4) is 0 Å². The number of carbonyl (C=O) groups excluding carboxylic acids is 1. The number of nitrogens with zero attached hydrogens (tertiary/aromatic N) is 2. The maximum Gasteiger partial charge on any atom is 0.246 e. The molecule has 5 nitrogen and oxygen atoms in total. The second kappa shape index (κ2) is 9.08. The number of aromatic nitrogens is 1. The van der Waals surface area contributed by atoms with Crippen LogP contribution in [0.15, 0.2) is 53.0 Å². The van der Waals surface area contributed by atoms with Crippen molar-refractivity contribution in [1.29, 1.82) is 0 Å². The lowest BCUT2D eigenvalue weighted by molar-refractivity contribution is -0.126. The van der Waals surface area contributed by atoms with E-state index in [0.29, 0.717) is 5.92 Å². The Morgan fingerprint density at radius 1 is 1.12 bits per heavy atom. The summed E-state index contributed by atoms with van der Waals surface area (Å²) in [6.45, 7) is 3.89. The lowest BCUT2D eigenvalue weighted by Gasteiger charge is -2.30. The van der Waals surface area contributed by atoms with Crippen LogP contribution in [0.25, 0.3) is 17.3 Å². The van der Waals surface area contributed by atoms with E-state index < -0.39 is 0 Å². The second-order valence-corrected chi connectivity index (χ2v) is 10.2. The molecule has 0 radical (unpaired) electrons. The largest absolute Gasteiger partial charge is 0.454 e. The molecule has 2 aliphatic rings. The second-order valence-electron chi connectivity index (χ2n) is 8.01. The van der Waals surface area contributed by atoms with Gasteiger partial charge in [-0.05, 0) is 55.7 Å². The number of hydrogen-bond acceptors (Lipinski definition) is 5. The molecule has 3 aromatic rings. The Hall–Kier alpha value is -2.64. The van der Waals surface area contributed by atoms with Crippen LogP contribution in [-0.4, -0.2) is 35.7 Å². The summed E-state index contributed by atoms with van der Waals surface area (Å²) in [6.07, 6.45) is 5.37. The molecule has 0 unspecified atom stereocenters. The summed E-state index contributed by atoms with van der Waals surface area (Å²) < 4.78 is 11.8. The van der Waals surface area contributed by atoms with Gasteiger partial charge in [-0.15, -0.1) is 11.3 Å². The molecule has 7 heteroatoms. The van der Waals surface area contributed by atoms with Crippen molar-refractivity contribution < 1.29 is 14.3 Å². The number of benzene rings is 2. The van der Waals surface area contributed by atoms with Gasteiger partial charge in [0, 0.05) is 40.0 Å². The Balaban J connectivity index is 1.20. The molecule has 1 fully saturated rings. The Morgan fingerprint density at radius 3 is 2.66 bits per heavy atom. The highest BCUT2D eigenvalue weighted by Crippen LogP contribution is 2.36. The van der Waals surface area contributed by atoms with Gasteiger partial charge < -0.3 is 14.4 Å². The highest BCUT2D eigenvalue weighted by molar-refractivity contribution is 9.10. The van der Waals surface area contributed by atoms with Gasteiger partial charge in [0.1, 0.15) is 0 Å². The van der Waals surface area contributed by atoms with Gasteiger partial charge in [0.2, 0.25) is 12.7 Å². The van der Waals surface area contributed by atoms with Gasteiger partial charge in [-0.1, -0.05) is 34.1 Å². The third-order valence-corrected chi connectivity index (χ3v) is 7.56. The number of likely N-dealkylation sites (tertiary alicyclic amines) is 1. The molecular formula is C25H23BrN2O3S. The Bertz CT molecular complexity index is 1160. The molecule has 0 spiro atoms. The molecule has 2 aliphatic heterocycles. The smallest absolute Gasteiger partial charge is 0.246 e. The van der Waals surface area contributed by atoms with Crippen molar-refractivity contribution in [3.05, 3.63) is 68.5 Å². The highest BCUT2D eigenvalue weighted by Gasteiger charge is 2.26. The molecule has 164 valence electrons. The summed E-state index contributed by atoms with van der Waals surface area (Å²) in [6, 6.07) is 14.0. The first-order valence-corrected chi connectivity index (χ1v) is 12.3. The topological polar surface area (TPSA) is 51.7 Å². The van der Waals surface area contributed by atoms with Crippen molar-refractivity contribution >= 4 is 39.2 Å². The SMILES string of the molecule is Cc1sc(C2CCN(C(=O)/C=C/c3ccc4c(c3)OCO4)CC2)nc1-c1ccc(Br)cc1. The molecule has 0 atom stereocenters. The molecule has 3 heterocycles. The number of piperidine rings is 1. The predicted octanol–water partition coefficient (Wildman–Crippen LogP) is 6.03. The van der Waals surface area contributed by atoms with Gasteiger partial charge in [-0.25, -0.2) is 4.98 Å². The zero-order valence-electron chi connectivity index (χ0n) is 17.7. The zero-order valence-corrected chi connectivity index (χ0v) is 20.1. The quantitative estimate of drug-likeness (QED) is 0.402. The van der Waals surface area contributed by atoms with E-state index in [-0.39, 0.29) is 12.7 Å². The van der Waals surface area contributed by atoms with Crippen molar-refractivity contribution in [2.24, 2.45) is 0 Å². The Morgan fingerprint density at radius 2 is 1.88 bits per heavy atom. The van der Waals surface area contributed by atoms with Crippen LogP contribution in [0, 0.1) is 6.92 Å². The normalized spacial score (nSPS) is 16.1. The maximum atomic E-state index is 12.7. The van der Waals surface area contributed by atoms with Crippen molar-refractivity contribution in [3.8, 4) is 22.8 Å². The van der Waals surface area contributed by atoms with E-state index in [1.807, 2.05) is 29.2 Å². The van der Waals surface area contributed by atoms with Crippen LogP contribution < -0.4 is 9.47 Å². The van der Waals surface area contributed by atoms with Crippen LogP contribution in [0.4, 0.5) is 0 Å². The summed E-state index contributed by atoms with van der Waals surface area (Å²) in [5, 5.41) is 1.18. The number of carbonyl (C=O) groups is 1. The summed E-state index contributed by atoms with van der Waals surface area (Å²) in [7, 11) is 0. The number of thiazole rings is 1. The zero-order chi connectivity index (χ0) is 22.1. The summed E-state index contributed by atoms with van der Waals surface area (Å²) in [5.74, 6) is 1.93. The fraction of sp³-hybridized carbons (Fsp3) is 0.280. The number of amides is 1. The van der Waals surface area contributed by atoms with Crippen LogP contribution in [0.2, 0.25) is 0 Å². The molecule has 1 saturated heterocycles. The van der Waals surface area contributed by atoms with Gasteiger partial charge >= 0.3 is 0 Å². The van der Waals surface area contributed by atoms with Gasteiger partial charge in [-0.3, -0.25) is 4.79 Å². The molecule has 0 saturated carbocycles. The lowest BCUT2D eigenvalue weighted by Crippen LogP contribution is -2.36. The van der Waals surface area contributed by atoms with Gasteiger partial charge in [0.15, 0.2) is 11.5 Å². The van der Waals surface area contributed by atoms with Crippen LogP contribution in [0.5, 0.6) is 11.5 Å². The average molecular weight is 511 g/mol. The van der Waals surface area contributed by atoms with E-state index in [0.717, 1.165) is 58.7 Å². The molecule has 1 aromatic heterocycles. The molecule has 2 aromatic carbocycles. The number of hydrogen-bond donors (Lipinski definition) is 0. The van der Waals surface area contributed by atoms with Crippen molar-refractivity contribution in [3.63, 3.8) is 0 Å². The van der Waals surface area contributed by atoms with E-state index in [1.165, 1.54) is 9.88 Å². The molecular weight excluding hydrogens is 488 g/mol. The molecule has 0 aliphatic carbocycles. The first kappa shape index (κ1) is 21.2. The number of halogens is 1. The van der Waals surface area contributed by atoms with Crippen LogP contribution in [0.1, 0.15) is 34.2 Å². The van der Waals surface area contributed by atoms with Crippen molar-refractivity contribution in [2.45, 2.75) is 25.7 Å². The maximum absolute atomic E-state index is 12.7. The van der Waals surface area contributed by atoms with Crippen molar-refractivity contribution in [1.82, 2.24) is 9.88 Å². The van der Waals surface area contributed by atoms with Gasteiger partial charge in [-0.2, -0.15) is 0 Å². The van der Waals surface area contributed by atoms with E-state index in [1.54, 1.807) is 17.4 Å². The molecule has 0 bridgehead atoms.